The van der Waals surface area contributed by atoms with E-state index in [1.165, 1.54) is 36.3 Å². The number of ether oxygens (including phenoxy) is 1. The fourth-order valence-corrected chi connectivity index (χ4v) is 8.16. The maximum Gasteiger partial charge on any atom is 0.264 e. The third-order valence-corrected chi connectivity index (χ3v) is 11.3. The summed E-state index contributed by atoms with van der Waals surface area (Å²) in [6, 6.07) is 25.6. The van der Waals surface area contributed by atoms with Crippen LogP contribution in [0.5, 0.6) is 5.75 Å². The van der Waals surface area contributed by atoms with Crippen molar-refractivity contribution >= 4 is 62.3 Å². The van der Waals surface area contributed by atoms with E-state index in [1.54, 1.807) is 42.5 Å². The molecule has 1 fully saturated rings. The number of nitrogens with one attached hydrogen (secondary N) is 1. The molecule has 4 aromatic carbocycles. The van der Waals surface area contributed by atoms with Crippen LogP contribution in [0.15, 0.2) is 102 Å². The highest BCUT2D eigenvalue weighted by Gasteiger charge is 2.37. The Bertz CT molecular complexity index is 1840. The Kier molecular flexibility index (Phi) is 12.5. The molecule has 1 N–H and O–H groups in total. The van der Waals surface area contributed by atoms with Gasteiger partial charge in [-0.1, -0.05) is 109 Å². The fourth-order valence-electron chi connectivity index (χ4n) is 6.04. The zero-order valence-electron chi connectivity index (χ0n) is 27.0. The maximum atomic E-state index is 14.8. The van der Waals surface area contributed by atoms with Crippen molar-refractivity contribution in [3.05, 3.63) is 123 Å². The zero-order valence-corrected chi connectivity index (χ0v) is 30.1. The van der Waals surface area contributed by atoms with Gasteiger partial charge in [-0.2, -0.15) is 0 Å². The maximum absolute atomic E-state index is 14.8. The second-order valence-electron chi connectivity index (χ2n) is 11.9. The average molecular weight is 743 g/mol. The Labute approximate surface area is 303 Å². The molecule has 1 atom stereocenters. The molecule has 0 bridgehead atoms. The quantitative estimate of drug-likeness (QED) is 0.150. The number of methoxy groups -OCH3 is 1. The molecule has 1 aliphatic rings. The number of anilines is 1. The Balaban J connectivity index is 1.62. The first-order valence-corrected chi connectivity index (χ1v) is 18.6. The van der Waals surface area contributed by atoms with E-state index in [4.69, 9.17) is 39.5 Å². The van der Waals surface area contributed by atoms with Gasteiger partial charge in [-0.05, 0) is 60.9 Å². The number of benzene rings is 4. The zero-order chi connectivity index (χ0) is 35.0. The molecule has 8 nitrogen and oxygen atoms in total. The monoisotopic (exact) mass is 741 g/mol. The molecule has 2 amide bonds. The Morgan fingerprint density at radius 3 is 2.12 bits per heavy atom. The van der Waals surface area contributed by atoms with Crippen LogP contribution < -0.4 is 14.4 Å². The van der Waals surface area contributed by atoms with E-state index in [1.807, 2.05) is 30.3 Å². The summed E-state index contributed by atoms with van der Waals surface area (Å²) in [4.78, 5) is 30.5. The van der Waals surface area contributed by atoms with Gasteiger partial charge >= 0.3 is 0 Å². The van der Waals surface area contributed by atoms with Crippen molar-refractivity contribution in [2.75, 3.05) is 18.0 Å². The third-order valence-electron chi connectivity index (χ3n) is 8.63. The van der Waals surface area contributed by atoms with Crippen LogP contribution in [0.3, 0.4) is 0 Å². The van der Waals surface area contributed by atoms with E-state index in [2.05, 4.69) is 5.32 Å². The van der Waals surface area contributed by atoms with Gasteiger partial charge in [0.05, 0.1) is 17.7 Å². The van der Waals surface area contributed by atoms with Gasteiger partial charge in [0.25, 0.3) is 10.0 Å². The Hall–Kier alpha value is -3.76. The van der Waals surface area contributed by atoms with Crippen LogP contribution >= 0.6 is 34.8 Å². The van der Waals surface area contributed by atoms with Crippen molar-refractivity contribution in [1.82, 2.24) is 10.2 Å². The summed E-state index contributed by atoms with van der Waals surface area (Å²) in [7, 11) is -2.95. The number of sulfonamides is 1. The van der Waals surface area contributed by atoms with Gasteiger partial charge in [-0.25, -0.2) is 8.42 Å². The van der Waals surface area contributed by atoms with Crippen molar-refractivity contribution in [2.45, 2.75) is 62.0 Å². The number of rotatable bonds is 13. The first-order chi connectivity index (χ1) is 23.6. The van der Waals surface area contributed by atoms with Crippen LogP contribution in [0.25, 0.3) is 0 Å². The number of hydrogen-bond acceptors (Lipinski definition) is 5. The van der Waals surface area contributed by atoms with Crippen LogP contribution in [0.2, 0.25) is 15.1 Å². The van der Waals surface area contributed by atoms with Crippen molar-refractivity contribution in [2.24, 2.45) is 0 Å². The molecular formula is C37H38Cl3N3O5S. The van der Waals surface area contributed by atoms with Crippen LogP contribution in [0, 0.1) is 0 Å². The number of hydrogen-bond donors (Lipinski definition) is 1. The van der Waals surface area contributed by atoms with Gasteiger partial charge in [-0.15, -0.1) is 0 Å². The largest absolute Gasteiger partial charge is 0.495 e. The van der Waals surface area contributed by atoms with E-state index in [0.717, 1.165) is 42.0 Å². The first-order valence-electron chi connectivity index (χ1n) is 16.1. The van der Waals surface area contributed by atoms with Gasteiger partial charge in [-0.3, -0.25) is 13.9 Å². The summed E-state index contributed by atoms with van der Waals surface area (Å²) in [5.41, 5.74) is 1.31. The van der Waals surface area contributed by atoms with E-state index in [9.17, 15) is 18.0 Å². The number of amides is 2. The summed E-state index contributed by atoms with van der Waals surface area (Å²) in [6.07, 6.45) is 4.95. The third kappa shape index (κ3) is 9.08. The Morgan fingerprint density at radius 1 is 0.857 bits per heavy atom. The normalized spacial score (nSPS) is 14.1. The number of carbonyl (C=O) groups excluding carboxylic acids is 2. The van der Waals surface area contributed by atoms with E-state index in [-0.39, 0.29) is 46.3 Å². The lowest BCUT2D eigenvalue weighted by molar-refractivity contribution is -0.140. The highest BCUT2D eigenvalue weighted by molar-refractivity contribution is 7.92. The molecule has 1 saturated carbocycles. The van der Waals surface area contributed by atoms with Gasteiger partial charge in [0.15, 0.2) is 0 Å². The highest BCUT2D eigenvalue weighted by Crippen LogP contribution is 2.35. The van der Waals surface area contributed by atoms with Crippen molar-refractivity contribution in [1.29, 1.82) is 0 Å². The Morgan fingerprint density at radius 2 is 1.49 bits per heavy atom. The second-order valence-corrected chi connectivity index (χ2v) is 15.0. The van der Waals surface area contributed by atoms with Crippen LogP contribution in [0.1, 0.15) is 43.2 Å². The molecule has 0 spiro atoms. The van der Waals surface area contributed by atoms with E-state index in [0.29, 0.717) is 15.6 Å². The van der Waals surface area contributed by atoms with Crippen LogP contribution in [-0.4, -0.2) is 50.9 Å². The first kappa shape index (κ1) is 36.5. The molecular weight excluding hydrogens is 705 g/mol. The molecule has 1 aliphatic carbocycles. The topological polar surface area (TPSA) is 96.0 Å². The van der Waals surface area contributed by atoms with Crippen molar-refractivity contribution in [3.8, 4) is 5.75 Å². The molecule has 4 aromatic rings. The number of carbonyl (C=O) groups is 2. The molecule has 0 heterocycles. The van der Waals surface area contributed by atoms with Crippen molar-refractivity contribution in [3.63, 3.8) is 0 Å². The summed E-state index contributed by atoms with van der Waals surface area (Å²) < 4.78 is 35.2. The summed E-state index contributed by atoms with van der Waals surface area (Å²) >= 11 is 19.6. The predicted molar refractivity (Wildman–Crippen MR) is 195 cm³/mol. The lowest BCUT2D eigenvalue weighted by atomic mass is 9.94. The second kappa shape index (κ2) is 16.8. The molecule has 0 aliphatic heterocycles. The average Bonchev–Trinajstić information content (AvgIpc) is 3.11. The lowest BCUT2D eigenvalue weighted by Gasteiger charge is -2.35. The van der Waals surface area contributed by atoms with Gasteiger partial charge in [0, 0.05) is 39.6 Å². The smallest absolute Gasteiger partial charge is 0.264 e. The minimum atomic E-state index is -4.35. The molecule has 0 aromatic heterocycles. The number of nitrogens with zero attached hydrogens (tertiary/aromatic N) is 2. The van der Waals surface area contributed by atoms with Gasteiger partial charge < -0.3 is 15.0 Å². The van der Waals surface area contributed by atoms with E-state index < -0.39 is 28.5 Å². The molecule has 5 rings (SSSR count). The molecule has 49 heavy (non-hydrogen) atoms. The van der Waals surface area contributed by atoms with Crippen LogP contribution in [0.4, 0.5) is 5.69 Å². The van der Waals surface area contributed by atoms with E-state index >= 15 is 0 Å². The number of halogens is 3. The minimum absolute atomic E-state index is 0.0361. The molecule has 0 unspecified atom stereocenters. The molecule has 258 valence electrons. The van der Waals surface area contributed by atoms with Crippen molar-refractivity contribution < 1.29 is 22.7 Å². The molecule has 0 radical (unpaired) electrons. The minimum Gasteiger partial charge on any atom is -0.495 e. The predicted octanol–water partition coefficient (Wildman–Crippen LogP) is 7.94. The van der Waals surface area contributed by atoms with Crippen LogP contribution in [-0.2, 0) is 32.6 Å². The molecule has 0 saturated heterocycles. The molecule has 12 heteroatoms. The summed E-state index contributed by atoms with van der Waals surface area (Å²) in [5, 5.41) is 4.04. The summed E-state index contributed by atoms with van der Waals surface area (Å²) in [6.45, 7) is -0.836. The summed E-state index contributed by atoms with van der Waals surface area (Å²) in [5.74, 6) is -0.810. The highest BCUT2D eigenvalue weighted by atomic mass is 35.5. The lowest BCUT2D eigenvalue weighted by Crippen LogP contribution is -2.55. The SMILES string of the molecule is COc1ccc(Cl)cc1N(CC(=O)N(Cc1c(Cl)cccc1Cl)[C@H](Cc1ccccc1)C(=O)NC1CCCCC1)S(=O)(=O)c1ccccc1. The van der Waals surface area contributed by atoms with Gasteiger partial charge in [0.2, 0.25) is 11.8 Å². The fraction of sp³-hybridized carbons (Fsp3) is 0.297. The standard InChI is InChI=1S/C37H38Cl3N3O5S/c1-48-35-21-20-27(38)23-33(35)43(49(46,47)29-16-9-4-10-17-29)25-36(44)42(24-30-31(39)18-11-19-32(30)40)34(22-26-12-5-2-6-13-26)37(45)41-28-14-7-3-8-15-28/h2,4-6,9-13,16-21,23,28,34H,3,7-8,14-15,22,24-25H2,1H3,(H,41,45)/t34-/m1/s1. The van der Waals surface area contributed by atoms with Gasteiger partial charge in [0.1, 0.15) is 18.3 Å².